The second-order valence-corrected chi connectivity index (χ2v) is 9.43. The van der Waals surface area contributed by atoms with Crippen LogP contribution in [0.1, 0.15) is 56.3 Å². The van der Waals surface area contributed by atoms with E-state index in [1.165, 1.54) is 0 Å². The number of carbonyl (C=O) groups excluding carboxylic acids is 2. The number of carboxylic acids is 1. The summed E-state index contributed by atoms with van der Waals surface area (Å²) in [6.45, 7) is 6.30. The van der Waals surface area contributed by atoms with E-state index in [0.717, 1.165) is 43.5 Å². The third-order valence-corrected chi connectivity index (χ3v) is 7.35. The lowest BCUT2D eigenvalue weighted by molar-refractivity contribution is -0.151. The van der Waals surface area contributed by atoms with Gasteiger partial charge in [0.15, 0.2) is 0 Å². The number of aryl methyl sites for hydroxylation is 3. The van der Waals surface area contributed by atoms with E-state index < -0.39 is 12.0 Å². The second-order valence-electron chi connectivity index (χ2n) is 9.43. The van der Waals surface area contributed by atoms with Crippen LogP contribution in [0, 0.1) is 25.2 Å². The van der Waals surface area contributed by atoms with Crippen LogP contribution in [0.25, 0.3) is 0 Å². The standard InChI is InChI=1S/C22H32N4O4/c1-15-12-16(2)26(23-15)9-6-19(27)24-10-7-22(8-11-24)13-18(21(29)30)25(14-22)20(28)17-4-3-5-17/h12,17-18H,3-11,13-14H2,1-2H3,(H,29,30). The summed E-state index contributed by atoms with van der Waals surface area (Å²) in [7, 11) is 0. The number of hydrogen-bond acceptors (Lipinski definition) is 4. The molecule has 3 heterocycles. The molecule has 1 saturated carbocycles. The molecule has 1 spiro atoms. The number of aromatic nitrogens is 2. The van der Waals surface area contributed by atoms with Crippen molar-refractivity contribution in [3.05, 3.63) is 17.5 Å². The van der Waals surface area contributed by atoms with E-state index in [4.69, 9.17) is 0 Å². The maximum Gasteiger partial charge on any atom is 0.326 e. The Morgan fingerprint density at radius 1 is 1.20 bits per heavy atom. The number of amides is 2. The summed E-state index contributed by atoms with van der Waals surface area (Å²) in [6.07, 6.45) is 5.27. The van der Waals surface area contributed by atoms with Crippen LogP contribution in [0.4, 0.5) is 0 Å². The normalized spacial score (nSPS) is 23.6. The Kier molecular flexibility index (Phi) is 5.59. The summed E-state index contributed by atoms with van der Waals surface area (Å²) in [4.78, 5) is 40.8. The SMILES string of the molecule is Cc1cc(C)n(CCC(=O)N2CCC3(CC2)CC(C(=O)O)N(C(=O)C2CCC2)C3)n1. The molecule has 0 aromatic carbocycles. The van der Waals surface area contributed by atoms with Gasteiger partial charge < -0.3 is 14.9 Å². The quantitative estimate of drug-likeness (QED) is 0.792. The van der Waals surface area contributed by atoms with Gasteiger partial charge in [-0.2, -0.15) is 5.10 Å². The van der Waals surface area contributed by atoms with Crippen molar-refractivity contribution in [2.75, 3.05) is 19.6 Å². The van der Waals surface area contributed by atoms with Gasteiger partial charge in [0.25, 0.3) is 0 Å². The maximum absolute atomic E-state index is 12.8. The highest BCUT2D eigenvalue weighted by atomic mass is 16.4. The molecule has 1 aliphatic carbocycles. The molecule has 8 nitrogen and oxygen atoms in total. The van der Waals surface area contributed by atoms with Gasteiger partial charge in [-0.25, -0.2) is 4.79 Å². The van der Waals surface area contributed by atoms with Gasteiger partial charge in [0.05, 0.1) is 5.69 Å². The van der Waals surface area contributed by atoms with E-state index in [1.54, 1.807) is 4.90 Å². The lowest BCUT2D eigenvalue weighted by Gasteiger charge is -2.39. The van der Waals surface area contributed by atoms with Gasteiger partial charge >= 0.3 is 5.97 Å². The molecule has 30 heavy (non-hydrogen) atoms. The Hall–Kier alpha value is -2.38. The van der Waals surface area contributed by atoms with Crippen LogP contribution in [0.3, 0.4) is 0 Å². The predicted octanol–water partition coefficient (Wildman–Crippen LogP) is 1.98. The molecule has 1 N–H and O–H groups in total. The fourth-order valence-corrected chi connectivity index (χ4v) is 5.25. The lowest BCUT2D eigenvalue weighted by atomic mass is 9.76. The number of hydrogen-bond donors (Lipinski definition) is 1. The van der Waals surface area contributed by atoms with Crippen LogP contribution in [-0.2, 0) is 20.9 Å². The van der Waals surface area contributed by atoms with E-state index in [0.29, 0.717) is 39.0 Å². The molecule has 4 rings (SSSR count). The minimum atomic E-state index is -0.900. The summed E-state index contributed by atoms with van der Waals surface area (Å²) >= 11 is 0. The van der Waals surface area contributed by atoms with Gasteiger partial charge in [-0.15, -0.1) is 0 Å². The first-order valence-electron chi connectivity index (χ1n) is 11.1. The minimum Gasteiger partial charge on any atom is -0.480 e. The monoisotopic (exact) mass is 416 g/mol. The van der Waals surface area contributed by atoms with Crippen molar-refractivity contribution in [2.24, 2.45) is 11.3 Å². The number of rotatable bonds is 5. The van der Waals surface area contributed by atoms with E-state index in [9.17, 15) is 19.5 Å². The highest BCUT2D eigenvalue weighted by Crippen LogP contribution is 2.45. The molecular formula is C22H32N4O4. The van der Waals surface area contributed by atoms with E-state index in [1.807, 2.05) is 29.5 Å². The average Bonchev–Trinajstić information content (AvgIpc) is 3.19. The highest BCUT2D eigenvalue weighted by molar-refractivity contribution is 5.86. The first-order valence-corrected chi connectivity index (χ1v) is 11.1. The Balaban J connectivity index is 1.33. The fourth-order valence-electron chi connectivity index (χ4n) is 5.25. The summed E-state index contributed by atoms with van der Waals surface area (Å²) in [6, 6.07) is 1.29. The van der Waals surface area contributed by atoms with Crippen molar-refractivity contribution in [1.29, 1.82) is 0 Å². The molecule has 0 bridgehead atoms. The number of piperidine rings is 1. The molecule has 2 aliphatic heterocycles. The third kappa shape index (κ3) is 3.96. The van der Waals surface area contributed by atoms with Crippen LogP contribution in [0.5, 0.6) is 0 Å². The number of carbonyl (C=O) groups is 3. The largest absolute Gasteiger partial charge is 0.480 e. The van der Waals surface area contributed by atoms with Crippen LogP contribution in [-0.4, -0.2) is 68.1 Å². The lowest BCUT2D eigenvalue weighted by Crippen LogP contribution is -2.47. The summed E-state index contributed by atoms with van der Waals surface area (Å²) in [5.41, 5.74) is 1.84. The summed E-state index contributed by atoms with van der Waals surface area (Å²) in [5.74, 6) is -0.748. The molecule has 1 atom stereocenters. The Labute approximate surface area is 177 Å². The number of nitrogens with zero attached hydrogens (tertiary/aromatic N) is 4. The minimum absolute atomic E-state index is 0.0121. The van der Waals surface area contributed by atoms with E-state index in [2.05, 4.69) is 5.10 Å². The van der Waals surface area contributed by atoms with Crippen molar-refractivity contribution in [3.8, 4) is 0 Å². The van der Waals surface area contributed by atoms with Gasteiger partial charge in [-0.3, -0.25) is 14.3 Å². The Morgan fingerprint density at radius 3 is 2.43 bits per heavy atom. The highest BCUT2D eigenvalue weighted by Gasteiger charge is 2.51. The molecule has 3 fully saturated rings. The van der Waals surface area contributed by atoms with Gasteiger partial charge in [0.2, 0.25) is 11.8 Å². The fraction of sp³-hybridized carbons (Fsp3) is 0.727. The average molecular weight is 417 g/mol. The van der Waals surface area contributed by atoms with Crippen molar-refractivity contribution in [2.45, 2.75) is 71.4 Å². The van der Waals surface area contributed by atoms with Gasteiger partial charge in [-0.1, -0.05) is 6.42 Å². The van der Waals surface area contributed by atoms with Crippen molar-refractivity contribution in [1.82, 2.24) is 19.6 Å². The molecule has 2 amide bonds. The first kappa shape index (κ1) is 20.9. The molecular weight excluding hydrogens is 384 g/mol. The molecule has 2 saturated heterocycles. The van der Waals surface area contributed by atoms with Gasteiger partial charge in [0.1, 0.15) is 6.04 Å². The number of aliphatic carboxylic acids is 1. The molecule has 1 aromatic rings. The smallest absolute Gasteiger partial charge is 0.326 e. The Morgan fingerprint density at radius 2 is 1.90 bits per heavy atom. The number of likely N-dealkylation sites (tertiary alicyclic amines) is 2. The van der Waals surface area contributed by atoms with Crippen LogP contribution in [0.15, 0.2) is 6.07 Å². The Bertz CT molecular complexity index is 836. The zero-order chi connectivity index (χ0) is 21.5. The van der Waals surface area contributed by atoms with Gasteiger partial charge in [0, 0.05) is 44.2 Å². The number of carboxylic acid groups (broad SMARTS) is 1. The summed E-state index contributed by atoms with van der Waals surface area (Å²) < 4.78 is 1.87. The predicted molar refractivity (Wildman–Crippen MR) is 110 cm³/mol. The van der Waals surface area contributed by atoms with Crippen molar-refractivity contribution in [3.63, 3.8) is 0 Å². The zero-order valence-electron chi connectivity index (χ0n) is 18.0. The molecule has 164 valence electrons. The summed E-state index contributed by atoms with van der Waals surface area (Å²) in [5, 5.41) is 14.1. The van der Waals surface area contributed by atoms with E-state index >= 15 is 0 Å². The van der Waals surface area contributed by atoms with Crippen LogP contribution in [0.2, 0.25) is 0 Å². The van der Waals surface area contributed by atoms with Crippen LogP contribution < -0.4 is 0 Å². The molecule has 1 unspecified atom stereocenters. The van der Waals surface area contributed by atoms with E-state index in [-0.39, 0.29) is 23.1 Å². The van der Waals surface area contributed by atoms with Crippen molar-refractivity contribution < 1.29 is 19.5 Å². The first-order chi connectivity index (χ1) is 14.3. The van der Waals surface area contributed by atoms with Crippen molar-refractivity contribution >= 4 is 17.8 Å². The molecule has 1 aromatic heterocycles. The third-order valence-electron chi connectivity index (χ3n) is 7.35. The molecule has 8 heteroatoms. The topological polar surface area (TPSA) is 95.7 Å². The van der Waals surface area contributed by atoms with Crippen LogP contribution >= 0.6 is 0 Å². The zero-order valence-corrected chi connectivity index (χ0v) is 18.0. The second kappa shape index (κ2) is 8.04. The maximum atomic E-state index is 12.8. The van der Waals surface area contributed by atoms with Gasteiger partial charge in [-0.05, 0) is 57.4 Å². The molecule has 0 radical (unpaired) electrons. The molecule has 3 aliphatic rings.